The maximum atomic E-state index is 13.4. The van der Waals surface area contributed by atoms with Crippen LogP contribution in [0.3, 0.4) is 0 Å². The molecule has 0 bridgehead atoms. The monoisotopic (exact) mass is 597 g/mol. The SMILES string of the molecule is CCOC(=O)c1cnc(N)c2c(-c3ccc(C(=O)Nc4cc(C)ccn4)cc3)nc([C@@H]3CCCN(C(=O)C4(C)COC4)C3)n12. The summed E-state index contributed by atoms with van der Waals surface area (Å²) in [5.41, 5.74) is 9.23. The number of anilines is 2. The van der Waals surface area contributed by atoms with Crippen LogP contribution in [-0.2, 0) is 14.3 Å². The molecular weight excluding hydrogens is 562 g/mol. The number of pyridine rings is 1. The van der Waals surface area contributed by atoms with E-state index < -0.39 is 11.4 Å². The Morgan fingerprint density at radius 2 is 1.93 bits per heavy atom. The van der Waals surface area contributed by atoms with Crippen LogP contribution in [0.5, 0.6) is 0 Å². The number of carbonyl (C=O) groups is 3. The molecule has 12 heteroatoms. The minimum absolute atomic E-state index is 0.0658. The average molecular weight is 598 g/mol. The van der Waals surface area contributed by atoms with Gasteiger partial charge in [-0.15, -0.1) is 0 Å². The number of nitrogen functional groups attached to an aromatic ring is 1. The minimum atomic E-state index is -0.546. The van der Waals surface area contributed by atoms with Crippen LogP contribution < -0.4 is 11.1 Å². The third-order valence-corrected chi connectivity index (χ3v) is 8.21. The molecule has 44 heavy (non-hydrogen) atoms. The van der Waals surface area contributed by atoms with Crippen LogP contribution in [0.25, 0.3) is 16.8 Å². The van der Waals surface area contributed by atoms with Crippen molar-refractivity contribution in [3.05, 3.63) is 71.4 Å². The van der Waals surface area contributed by atoms with Crippen molar-refractivity contribution in [1.82, 2.24) is 24.3 Å². The van der Waals surface area contributed by atoms with Crippen LogP contribution in [0, 0.1) is 12.3 Å². The van der Waals surface area contributed by atoms with Gasteiger partial charge < -0.3 is 25.4 Å². The summed E-state index contributed by atoms with van der Waals surface area (Å²) in [6.07, 6.45) is 4.60. The van der Waals surface area contributed by atoms with Crippen molar-refractivity contribution in [1.29, 1.82) is 0 Å². The van der Waals surface area contributed by atoms with Crippen LogP contribution in [0.1, 0.15) is 64.8 Å². The van der Waals surface area contributed by atoms with E-state index >= 15 is 0 Å². The number of nitrogens with one attached hydrogen (secondary N) is 1. The number of carbonyl (C=O) groups excluding carboxylic acids is 3. The summed E-state index contributed by atoms with van der Waals surface area (Å²) in [4.78, 5) is 54.9. The molecule has 2 aliphatic rings. The van der Waals surface area contributed by atoms with Crippen LogP contribution in [-0.4, -0.2) is 74.9 Å². The number of imidazole rings is 1. The highest BCUT2D eigenvalue weighted by molar-refractivity contribution is 6.04. The fourth-order valence-corrected chi connectivity index (χ4v) is 5.85. The summed E-state index contributed by atoms with van der Waals surface area (Å²) in [6, 6.07) is 10.6. The Morgan fingerprint density at radius 1 is 1.16 bits per heavy atom. The number of piperidine rings is 1. The number of nitrogens with zero attached hydrogens (tertiary/aromatic N) is 5. The number of nitrogens with two attached hydrogens (primary N) is 1. The largest absolute Gasteiger partial charge is 0.461 e. The van der Waals surface area contributed by atoms with Crippen molar-refractivity contribution < 1.29 is 23.9 Å². The number of esters is 1. The minimum Gasteiger partial charge on any atom is -0.461 e. The second kappa shape index (κ2) is 11.7. The number of benzene rings is 1. The van der Waals surface area contributed by atoms with Gasteiger partial charge in [-0.25, -0.2) is 19.7 Å². The number of hydrogen-bond acceptors (Lipinski definition) is 9. The van der Waals surface area contributed by atoms with E-state index in [0.717, 1.165) is 18.4 Å². The molecule has 4 aromatic rings. The number of hydrogen-bond donors (Lipinski definition) is 2. The molecule has 2 saturated heterocycles. The molecule has 1 atom stereocenters. The van der Waals surface area contributed by atoms with Crippen LogP contribution in [0.15, 0.2) is 48.8 Å². The van der Waals surface area contributed by atoms with Gasteiger partial charge in [0.1, 0.15) is 28.7 Å². The van der Waals surface area contributed by atoms with Gasteiger partial charge in [0.05, 0.1) is 31.4 Å². The highest BCUT2D eigenvalue weighted by Gasteiger charge is 2.45. The smallest absolute Gasteiger partial charge is 0.356 e. The molecule has 1 aromatic carbocycles. The fourth-order valence-electron chi connectivity index (χ4n) is 5.85. The highest BCUT2D eigenvalue weighted by Crippen LogP contribution is 2.37. The van der Waals surface area contributed by atoms with E-state index in [1.807, 2.05) is 24.8 Å². The Kier molecular flexibility index (Phi) is 7.76. The lowest BCUT2D eigenvalue weighted by Crippen LogP contribution is -2.55. The second-order valence-electron chi connectivity index (χ2n) is 11.6. The predicted octanol–water partition coefficient (Wildman–Crippen LogP) is 3.85. The number of amides is 2. The Hall–Kier alpha value is -4.84. The average Bonchev–Trinajstić information content (AvgIpc) is 3.41. The molecule has 3 aromatic heterocycles. The zero-order valence-corrected chi connectivity index (χ0v) is 25.0. The van der Waals surface area contributed by atoms with Gasteiger partial charge in [0, 0.05) is 36.3 Å². The summed E-state index contributed by atoms with van der Waals surface area (Å²) in [6.45, 7) is 7.70. The van der Waals surface area contributed by atoms with Gasteiger partial charge in [0.15, 0.2) is 5.69 Å². The van der Waals surface area contributed by atoms with E-state index in [4.69, 9.17) is 20.2 Å². The van der Waals surface area contributed by atoms with Crippen molar-refractivity contribution in [3.63, 3.8) is 0 Å². The van der Waals surface area contributed by atoms with E-state index in [2.05, 4.69) is 15.3 Å². The first-order valence-corrected chi connectivity index (χ1v) is 14.7. The third kappa shape index (κ3) is 5.37. The normalized spacial score (nSPS) is 17.6. The molecule has 3 N–H and O–H groups in total. The van der Waals surface area contributed by atoms with Crippen molar-refractivity contribution in [2.24, 2.45) is 5.41 Å². The zero-order chi connectivity index (χ0) is 31.0. The summed E-state index contributed by atoms with van der Waals surface area (Å²) >= 11 is 0. The van der Waals surface area contributed by atoms with Crippen LogP contribution >= 0.6 is 0 Å². The van der Waals surface area contributed by atoms with Crippen LogP contribution in [0.4, 0.5) is 11.6 Å². The Balaban J connectivity index is 1.38. The molecule has 2 amide bonds. The lowest BCUT2D eigenvalue weighted by atomic mass is 9.85. The molecule has 6 rings (SSSR count). The van der Waals surface area contributed by atoms with E-state index in [1.54, 1.807) is 47.9 Å². The standard InChI is InChI=1S/C32H35N7O5/c1-4-44-30(41)23-15-35-27(33)26-25(20-7-9-21(10-8-20)29(40)36-24-14-19(2)11-12-34-24)37-28(39(23)26)22-6-5-13-38(16-22)31(42)32(3)17-43-18-32/h7-12,14-15,22H,4-6,13,16-18H2,1-3H3,(H2,33,35)(H,34,36,40)/t22-/m1/s1. The zero-order valence-electron chi connectivity index (χ0n) is 25.0. The molecule has 0 radical (unpaired) electrons. The summed E-state index contributed by atoms with van der Waals surface area (Å²) in [7, 11) is 0. The summed E-state index contributed by atoms with van der Waals surface area (Å²) in [5, 5.41) is 2.82. The number of ether oxygens (including phenoxy) is 2. The maximum Gasteiger partial charge on any atom is 0.356 e. The summed E-state index contributed by atoms with van der Waals surface area (Å²) < 4.78 is 12.4. The van der Waals surface area contributed by atoms with Gasteiger partial charge in [0.2, 0.25) is 5.91 Å². The number of likely N-dealkylation sites (tertiary alicyclic amines) is 1. The molecular formula is C32H35N7O5. The number of rotatable bonds is 7. The van der Waals surface area contributed by atoms with E-state index in [-0.39, 0.29) is 35.9 Å². The van der Waals surface area contributed by atoms with Gasteiger partial charge >= 0.3 is 5.97 Å². The Bertz CT molecular complexity index is 1750. The lowest BCUT2D eigenvalue weighted by molar-refractivity contribution is -0.169. The third-order valence-electron chi connectivity index (χ3n) is 8.21. The first-order valence-electron chi connectivity index (χ1n) is 14.7. The van der Waals surface area contributed by atoms with Crippen molar-refractivity contribution in [2.75, 3.05) is 44.0 Å². The maximum absolute atomic E-state index is 13.4. The molecule has 0 unspecified atom stereocenters. The molecule has 2 aliphatic heterocycles. The van der Waals surface area contributed by atoms with Gasteiger partial charge in [-0.05, 0) is 63.4 Å². The van der Waals surface area contributed by atoms with E-state index in [1.165, 1.54) is 6.20 Å². The van der Waals surface area contributed by atoms with Gasteiger partial charge in [-0.1, -0.05) is 12.1 Å². The topological polar surface area (TPSA) is 154 Å². The molecule has 0 saturated carbocycles. The highest BCUT2D eigenvalue weighted by atomic mass is 16.5. The van der Waals surface area contributed by atoms with Crippen molar-refractivity contribution >= 4 is 34.9 Å². The first kappa shape index (κ1) is 29.2. The number of aryl methyl sites for hydroxylation is 1. The number of fused-ring (bicyclic) bond motifs is 1. The van der Waals surface area contributed by atoms with E-state index in [0.29, 0.717) is 60.3 Å². The molecule has 228 valence electrons. The molecule has 2 fully saturated rings. The van der Waals surface area contributed by atoms with Gasteiger partial charge in [-0.3, -0.25) is 14.0 Å². The summed E-state index contributed by atoms with van der Waals surface area (Å²) in [5.74, 6) is 0.321. The predicted molar refractivity (Wildman–Crippen MR) is 163 cm³/mol. The first-order chi connectivity index (χ1) is 21.2. The van der Waals surface area contributed by atoms with E-state index in [9.17, 15) is 14.4 Å². The molecule has 12 nitrogen and oxygen atoms in total. The quantitative estimate of drug-likeness (QED) is 0.302. The fraction of sp³-hybridized carbons (Fsp3) is 0.375. The van der Waals surface area contributed by atoms with Crippen molar-refractivity contribution in [2.45, 2.75) is 39.5 Å². The van der Waals surface area contributed by atoms with Crippen LogP contribution in [0.2, 0.25) is 0 Å². The molecule has 0 spiro atoms. The Labute approximate surface area is 254 Å². The second-order valence-corrected chi connectivity index (χ2v) is 11.6. The van der Waals surface area contributed by atoms with Gasteiger partial charge in [0.25, 0.3) is 5.91 Å². The Morgan fingerprint density at radius 3 is 2.61 bits per heavy atom. The van der Waals surface area contributed by atoms with Crippen molar-refractivity contribution in [3.8, 4) is 11.3 Å². The van der Waals surface area contributed by atoms with Gasteiger partial charge in [-0.2, -0.15) is 0 Å². The lowest BCUT2D eigenvalue weighted by Gasteiger charge is -2.42. The molecule has 0 aliphatic carbocycles. The molecule has 5 heterocycles. The number of aromatic nitrogens is 4.